The van der Waals surface area contributed by atoms with E-state index in [9.17, 15) is 13.2 Å². The number of sulfone groups is 1. The number of carbonyl (C=O) groups excluding carboxylic acids is 1. The van der Waals surface area contributed by atoms with Crippen LogP contribution in [0.25, 0.3) is 21.6 Å². The van der Waals surface area contributed by atoms with Gasteiger partial charge in [-0.25, -0.2) is 18.1 Å². The number of hydrogen-bond donors (Lipinski definition) is 1. The van der Waals surface area contributed by atoms with Gasteiger partial charge in [0.25, 0.3) is 5.91 Å². The van der Waals surface area contributed by atoms with Crippen LogP contribution in [0, 0.1) is 6.92 Å². The number of aromatic nitrogens is 3. The summed E-state index contributed by atoms with van der Waals surface area (Å²) in [6.07, 6.45) is 0.461. The van der Waals surface area contributed by atoms with E-state index in [1.54, 1.807) is 35.9 Å². The zero-order valence-corrected chi connectivity index (χ0v) is 20.5. The van der Waals surface area contributed by atoms with Crippen molar-refractivity contribution < 1.29 is 13.2 Å². The summed E-state index contributed by atoms with van der Waals surface area (Å²) in [6, 6.07) is 10.2. The van der Waals surface area contributed by atoms with Gasteiger partial charge in [0.05, 0.1) is 60.5 Å². The predicted molar refractivity (Wildman–Crippen MR) is 132 cm³/mol. The highest BCUT2D eigenvalue weighted by atomic mass is 35.5. The largest absolute Gasteiger partial charge is 0.321 e. The molecule has 4 aromatic rings. The van der Waals surface area contributed by atoms with Gasteiger partial charge >= 0.3 is 0 Å². The number of thiophene rings is 1. The molecular weight excluding hydrogens is 503 g/mol. The van der Waals surface area contributed by atoms with Crippen LogP contribution in [0.15, 0.2) is 41.8 Å². The van der Waals surface area contributed by atoms with E-state index in [4.69, 9.17) is 28.2 Å². The number of amides is 1. The zero-order valence-electron chi connectivity index (χ0n) is 17.4. The molecule has 0 radical (unpaired) electrons. The second-order valence-corrected chi connectivity index (χ2v) is 11.8. The Bertz CT molecular complexity index is 1500. The lowest BCUT2D eigenvalue weighted by Gasteiger charge is -2.12. The molecule has 1 amide bonds. The van der Waals surface area contributed by atoms with Crippen LogP contribution in [-0.2, 0) is 9.84 Å². The number of anilines is 1. The van der Waals surface area contributed by atoms with Crippen molar-refractivity contribution in [3.63, 3.8) is 0 Å². The van der Waals surface area contributed by atoms with E-state index < -0.39 is 9.84 Å². The van der Waals surface area contributed by atoms with E-state index in [-0.39, 0.29) is 28.5 Å². The summed E-state index contributed by atoms with van der Waals surface area (Å²) in [5.74, 6) is -0.261. The van der Waals surface area contributed by atoms with E-state index in [1.165, 1.54) is 11.3 Å². The van der Waals surface area contributed by atoms with E-state index in [2.05, 4.69) is 10.4 Å². The quantitative estimate of drug-likeness (QED) is 0.389. The number of aryl methyl sites for hydroxylation is 1. The molecule has 0 aliphatic carbocycles. The average Bonchev–Trinajstić information content (AvgIpc) is 3.50. The normalized spacial score (nSPS) is 17.5. The van der Waals surface area contributed by atoms with Gasteiger partial charge in [-0.15, -0.1) is 11.3 Å². The number of nitrogens with zero attached hydrogens (tertiary/aromatic N) is 3. The summed E-state index contributed by atoms with van der Waals surface area (Å²) in [5, 5.41) is 10.5. The number of nitrogens with one attached hydrogen (secondary N) is 1. The van der Waals surface area contributed by atoms with Gasteiger partial charge in [0.15, 0.2) is 15.5 Å². The van der Waals surface area contributed by atoms with Crippen molar-refractivity contribution in [3.8, 4) is 10.6 Å². The first-order valence-corrected chi connectivity index (χ1v) is 13.6. The van der Waals surface area contributed by atoms with Crippen molar-refractivity contribution in [1.82, 2.24) is 14.8 Å². The minimum Gasteiger partial charge on any atom is -0.321 e. The molecule has 1 aromatic carbocycles. The minimum atomic E-state index is -3.13. The van der Waals surface area contributed by atoms with E-state index in [0.29, 0.717) is 45.1 Å². The fourth-order valence-corrected chi connectivity index (χ4v) is 6.78. The molecule has 7 nitrogen and oxygen atoms in total. The van der Waals surface area contributed by atoms with Crippen LogP contribution in [0.1, 0.15) is 28.5 Å². The van der Waals surface area contributed by atoms with Gasteiger partial charge < -0.3 is 5.32 Å². The Morgan fingerprint density at radius 2 is 2.06 bits per heavy atom. The number of pyridine rings is 1. The third-order valence-electron chi connectivity index (χ3n) is 5.61. The molecule has 0 spiro atoms. The fourth-order valence-electron chi connectivity index (χ4n) is 4.06. The van der Waals surface area contributed by atoms with Crippen molar-refractivity contribution in [2.75, 3.05) is 16.8 Å². The van der Waals surface area contributed by atoms with Crippen molar-refractivity contribution in [2.45, 2.75) is 19.4 Å². The number of hydrogen-bond acceptors (Lipinski definition) is 6. The first-order valence-electron chi connectivity index (χ1n) is 10.1. The molecule has 1 fully saturated rings. The van der Waals surface area contributed by atoms with Crippen LogP contribution < -0.4 is 5.32 Å². The summed E-state index contributed by atoms with van der Waals surface area (Å²) >= 11 is 13.9. The van der Waals surface area contributed by atoms with E-state index in [0.717, 1.165) is 4.88 Å². The Morgan fingerprint density at radius 3 is 2.76 bits per heavy atom. The van der Waals surface area contributed by atoms with Crippen molar-refractivity contribution in [1.29, 1.82) is 0 Å². The second-order valence-electron chi connectivity index (χ2n) is 7.87. The molecule has 3 aromatic heterocycles. The van der Waals surface area contributed by atoms with Crippen molar-refractivity contribution in [2.24, 2.45) is 0 Å². The maximum Gasteiger partial charge on any atom is 0.256 e. The van der Waals surface area contributed by atoms with Gasteiger partial charge in [-0.3, -0.25) is 4.79 Å². The van der Waals surface area contributed by atoms with Crippen molar-refractivity contribution >= 4 is 67.0 Å². The Balaban J connectivity index is 1.67. The van der Waals surface area contributed by atoms with Gasteiger partial charge in [-0.2, -0.15) is 5.10 Å². The standard InChI is InChI=1S/C22H18Cl2N4O3S2/c1-12-19-14(22(29)26-16-5-2-4-15(23)20(16)24)10-17(18-6-3-8-32-18)25-21(19)28(27-12)13-7-9-33(30,31)11-13/h2-6,8,10,13H,7,9,11H2,1H3,(H,26,29). The lowest BCUT2D eigenvalue weighted by Crippen LogP contribution is -2.15. The maximum absolute atomic E-state index is 13.4. The molecule has 1 unspecified atom stereocenters. The highest BCUT2D eigenvalue weighted by Crippen LogP contribution is 2.34. The zero-order chi connectivity index (χ0) is 23.3. The van der Waals surface area contributed by atoms with Gasteiger partial charge in [0.2, 0.25) is 0 Å². The number of carbonyl (C=O) groups is 1. The van der Waals surface area contributed by atoms with Crippen LogP contribution in [0.4, 0.5) is 5.69 Å². The summed E-state index contributed by atoms with van der Waals surface area (Å²) < 4.78 is 25.9. The van der Waals surface area contributed by atoms with E-state index >= 15 is 0 Å². The number of benzene rings is 1. The molecule has 4 heterocycles. The van der Waals surface area contributed by atoms with Crippen molar-refractivity contribution in [3.05, 3.63) is 63.1 Å². The minimum absolute atomic E-state index is 0.00772. The summed E-state index contributed by atoms with van der Waals surface area (Å²) in [5.41, 5.74) is 2.47. The topological polar surface area (TPSA) is 93.9 Å². The third-order valence-corrected chi connectivity index (χ3v) is 9.07. The molecule has 1 saturated heterocycles. The molecule has 1 N–H and O–H groups in total. The van der Waals surface area contributed by atoms with Gasteiger partial charge in [0.1, 0.15) is 0 Å². The van der Waals surface area contributed by atoms with Crippen LogP contribution in [-0.4, -0.2) is 40.6 Å². The SMILES string of the molecule is Cc1nn(C2CCS(=O)(=O)C2)c2nc(-c3cccs3)cc(C(=O)Nc3cccc(Cl)c3Cl)c12. The lowest BCUT2D eigenvalue weighted by atomic mass is 10.1. The van der Waals surface area contributed by atoms with Crippen LogP contribution in [0.2, 0.25) is 10.0 Å². The molecule has 5 rings (SSSR count). The van der Waals surface area contributed by atoms with Gasteiger partial charge in [-0.05, 0) is 43.0 Å². The van der Waals surface area contributed by atoms with Crippen LogP contribution in [0.5, 0.6) is 0 Å². The maximum atomic E-state index is 13.4. The Labute approximate surface area is 204 Å². The molecule has 11 heteroatoms. The molecular formula is C22H18Cl2N4O3S2. The Kier molecular flexibility index (Phi) is 5.68. The van der Waals surface area contributed by atoms with Gasteiger partial charge in [-0.1, -0.05) is 35.3 Å². The highest BCUT2D eigenvalue weighted by Gasteiger charge is 2.32. The summed E-state index contributed by atoms with van der Waals surface area (Å²) in [4.78, 5) is 19.1. The Hall–Kier alpha value is -2.46. The first-order chi connectivity index (χ1) is 15.7. The number of fused-ring (bicyclic) bond motifs is 1. The molecule has 1 aliphatic heterocycles. The molecule has 0 saturated carbocycles. The fraction of sp³-hybridized carbons (Fsp3) is 0.227. The number of halogens is 2. The summed E-state index contributed by atoms with van der Waals surface area (Å²) in [6.45, 7) is 1.79. The molecule has 0 bridgehead atoms. The molecule has 1 atom stereocenters. The summed E-state index contributed by atoms with van der Waals surface area (Å²) in [7, 11) is -3.13. The monoisotopic (exact) mass is 520 g/mol. The van der Waals surface area contributed by atoms with E-state index in [1.807, 2.05) is 17.5 Å². The van der Waals surface area contributed by atoms with Crippen LogP contribution >= 0.6 is 34.5 Å². The molecule has 170 valence electrons. The van der Waals surface area contributed by atoms with Gasteiger partial charge in [0, 0.05) is 0 Å². The number of rotatable bonds is 4. The smallest absolute Gasteiger partial charge is 0.256 e. The third kappa shape index (κ3) is 4.14. The average molecular weight is 521 g/mol. The van der Waals surface area contributed by atoms with Crippen LogP contribution in [0.3, 0.4) is 0 Å². The highest BCUT2D eigenvalue weighted by molar-refractivity contribution is 7.91. The lowest BCUT2D eigenvalue weighted by molar-refractivity contribution is 0.102. The molecule has 1 aliphatic rings. The second kappa shape index (κ2) is 8.39. The molecule has 33 heavy (non-hydrogen) atoms. The Morgan fingerprint density at radius 1 is 1.24 bits per heavy atom. The predicted octanol–water partition coefficient (Wildman–Crippen LogP) is 5.39. The first kappa shape index (κ1) is 22.3.